The summed E-state index contributed by atoms with van der Waals surface area (Å²) in [5.74, 6) is -2.31. The number of benzene rings is 1. The van der Waals surface area contributed by atoms with Crippen LogP contribution in [-0.2, 0) is 29.6 Å². The summed E-state index contributed by atoms with van der Waals surface area (Å²) in [6.45, 7) is 1.89. The molecule has 46 heavy (non-hydrogen) atoms. The van der Waals surface area contributed by atoms with Crippen molar-refractivity contribution in [1.29, 1.82) is 0 Å². The Kier molecular flexibility index (Phi) is 13.0. The highest BCUT2D eigenvalue weighted by molar-refractivity contribution is 7.54. The van der Waals surface area contributed by atoms with Gasteiger partial charge in [-0.1, -0.05) is 75.3 Å². The lowest BCUT2D eigenvalue weighted by atomic mass is 9.84. The van der Waals surface area contributed by atoms with Gasteiger partial charge in [0, 0.05) is 45.1 Å². The minimum atomic E-state index is -3.80. The molecule has 1 aromatic carbocycles. The molecule has 2 aliphatic carbocycles. The molecule has 0 saturated heterocycles. The third-order valence-electron chi connectivity index (χ3n) is 9.55. The number of aliphatic imine (C=N–C) groups is 1. The van der Waals surface area contributed by atoms with E-state index in [0.29, 0.717) is 30.9 Å². The van der Waals surface area contributed by atoms with E-state index in [-0.39, 0.29) is 24.8 Å². The molecular weight excluding hydrogens is 609 g/mol. The third-order valence-corrected chi connectivity index (χ3v) is 11.6. The number of urea groups is 1. The first-order valence-electron chi connectivity index (χ1n) is 16.5. The van der Waals surface area contributed by atoms with Gasteiger partial charge in [-0.05, 0) is 37.7 Å². The van der Waals surface area contributed by atoms with E-state index in [1.807, 2.05) is 37.3 Å². The number of aliphatic hydroxyl groups excluding tert-OH is 1. The Morgan fingerprint density at radius 3 is 2.28 bits per heavy atom. The molecule has 1 heterocycles. The number of nitrogens with two attached hydrogens (primary N) is 1. The number of quaternary nitrogens is 1. The summed E-state index contributed by atoms with van der Waals surface area (Å²) in [4.78, 5) is 45.1. The van der Waals surface area contributed by atoms with Crippen molar-refractivity contribution in [2.45, 2.75) is 108 Å². The molecule has 2 saturated carbocycles. The van der Waals surface area contributed by atoms with Crippen molar-refractivity contribution in [3.63, 3.8) is 0 Å². The van der Waals surface area contributed by atoms with Crippen LogP contribution in [0.3, 0.4) is 0 Å². The van der Waals surface area contributed by atoms with Gasteiger partial charge in [0.15, 0.2) is 5.85 Å². The number of carbonyl (C=O) groups is 3. The van der Waals surface area contributed by atoms with Crippen molar-refractivity contribution in [2.75, 3.05) is 14.2 Å². The molecule has 254 valence electrons. The number of carbonyl (C=O) groups excluding carboxylic acids is 3. The second-order valence-electron chi connectivity index (χ2n) is 13.0. The molecule has 5 N–H and O–H groups in total. The Morgan fingerprint density at radius 2 is 1.65 bits per heavy atom. The molecule has 0 aromatic heterocycles. The lowest BCUT2D eigenvalue weighted by Crippen LogP contribution is -2.62. The topological polar surface area (TPSA) is 169 Å². The zero-order chi connectivity index (χ0) is 33.3. The van der Waals surface area contributed by atoms with Gasteiger partial charge in [-0.25, -0.2) is 19.9 Å². The lowest BCUT2D eigenvalue weighted by molar-refractivity contribution is -0.608. The molecule has 4 amide bonds. The molecule has 2 fully saturated rings. The zero-order valence-electron chi connectivity index (χ0n) is 27.3. The van der Waals surface area contributed by atoms with Crippen molar-refractivity contribution in [3.8, 4) is 0 Å². The largest absolute Gasteiger partial charge is 0.441 e. The Morgan fingerprint density at radius 1 is 1.02 bits per heavy atom. The highest BCUT2D eigenvalue weighted by Crippen LogP contribution is 2.52. The molecule has 0 radical (unpaired) electrons. The SMILES string of the molecule is COP(=O)(OC)C(O)[C@H](CC1CCCCC1)N[C@H](C)CC1=C[N+](C(=O)NC(=O)C2CCCC2)(C(=O)[C@@H](N)Cc2ccccc2)C=N1. The van der Waals surface area contributed by atoms with Gasteiger partial charge >= 0.3 is 19.5 Å². The summed E-state index contributed by atoms with van der Waals surface area (Å²) in [5.41, 5.74) is 7.68. The summed E-state index contributed by atoms with van der Waals surface area (Å²) in [6.07, 6.45) is 12.5. The van der Waals surface area contributed by atoms with Crippen LogP contribution in [-0.4, -0.2) is 72.0 Å². The maximum absolute atomic E-state index is 13.9. The summed E-state index contributed by atoms with van der Waals surface area (Å²) in [6, 6.07) is 6.53. The molecule has 1 aliphatic heterocycles. The molecule has 3 aliphatic rings. The fourth-order valence-corrected chi connectivity index (χ4v) is 8.16. The summed E-state index contributed by atoms with van der Waals surface area (Å²) in [7, 11) is -1.28. The number of aliphatic hydroxyl groups is 1. The van der Waals surface area contributed by atoms with Crippen LogP contribution in [0.25, 0.3) is 0 Å². The van der Waals surface area contributed by atoms with Gasteiger partial charge in [0.1, 0.15) is 17.9 Å². The smallest absolute Gasteiger partial charge is 0.379 e. The van der Waals surface area contributed by atoms with Crippen LogP contribution >= 0.6 is 7.60 Å². The van der Waals surface area contributed by atoms with E-state index in [1.165, 1.54) is 33.2 Å². The highest BCUT2D eigenvalue weighted by Gasteiger charge is 2.50. The Balaban J connectivity index is 1.54. The Hall–Kier alpha value is -2.57. The highest BCUT2D eigenvalue weighted by atomic mass is 31.2. The van der Waals surface area contributed by atoms with E-state index >= 15 is 0 Å². The second-order valence-corrected chi connectivity index (χ2v) is 15.3. The Bertz CT molecular complexity index is 1300. The molecule has 1 aromatic rings. The number of nitrogens with one attached hydrogen (secondary N) is 2. The molecule has 0 spiro atoms. The van der Waals surface area contributed by atoms with Gasteiger partial charge in [0.25, 0.3) is 0 Å². The maximum atomic E-state index is 13.9. The van der Waals surface area contributed by atoms with Crippen LogP contribution in [0, 0.1) is 11.8 Å². The number of rotatable bonds is 14. The average molecular weight is 661 g/mol. The predicted octanol–water partition coefficient (Wildman–Crippen LogP) is 4.72. The van der Waals surface area contributed by atoms with Crippen LogP contribution in [0.1, 0.15) is 83.1 Å². The van der Waals surface area contributed by atoms with Gasteiger partial charge in [0.05, 0.1) is 0 Å². The first-order valence-corrected chi connectivity index (χ1v) is 18.1. The van der Waals surface area contributed by atoms with Crippen LogP contribution in [0.4, 0.5) is 4.79 Å². The van der Waals surface area contributed by atoms with E-state index in [4.69, 9.17) is 14.8 Å². The van der Waals surface area contributed by atoms with Crippen LogP contribution < -0.4 is 16.4 Å². The number of nitrogens with zero attached hydrogens (tertiary/aromatic N) is 2. The summed E-state index contributed by atoms with van der Waals surface area (Å²) < 4.78 is 22.5. The number of hydrogen-bond acceptors (Lipinski definition) is 10. The van der Waals surface area contributed by atoms with Crippen LogP contribution in [0.5, 0.6) is 0 Å². The number of hydrogen-bond donors (Lipinski definition) is 4. The predicted molar refractivity (Wildman–Crippen MR) is 175 cm³/mol. The van der Waals surface area contributed by atoms with Gasteiger partial charge in [-0.2, -0.15) is 0 Å². The van der Waals surface area contributed by atoms with Gasteiger partial charge in [0.2, 0.25) is 12.2 Å². The molecule has 2 unspecified atom stereocenters. The quantitative estimate of drug-likeness (QED) is 0.163. The first kappa shape index (κ1) is 36.3. The molecular formula is C33H51N5O7P+. The molecule has 4 rings (SSSR count). The minimum Gasteiger partial charge on any atom is -0.379 e. The first-order chi connectivity index (χ1) is 22.0. The summed E-state index contributed by atoms with van der Waals surface area (Å²) in [5, 5.41) is 17.1. The Labute approximate surface area is 272 Å². The van der Waals surface area contributed by atoms with Gasteiger partial charge in [-0.15, -0.1) is 4.48 Å². The van der Waals surface area contributed by atoms with Gasteiger partial charge < -0.3 is 25.2 Å². The van der Waals surface area contributed by atoms with Crippen molar-refractivity contribution in [2.24, 2.45) is 22.6 Å². The van der Waals surface area contributed by atoms with Crippen molar-refractivity contribution in [3.05, 3.63) is 47.8 Å². The molecule has 5 atom stereocenters. The van der Waals surface area contributed by atoms with Gasteiger partial charge in [-0.3, -0.25) is 9.36 Å². The van der Waals surface area contributed by atoms with Crippen molar-refractivity contribution in [1.82, 2.24) is 10.6 Å². The van der Waals surface area contributed by atoms with Crippen LogP contribution in [0.15, 0.2) is 47.2 Å². The van der Waals surface area contributed by atoms with Crippen LogP contribution in [0.2, 0.25) is 0 Å². The van der Waals surface area contributed by atoms with E-state index < -0.39 is 47.9 Å². The number of amides is 4. The second kappa shape index (κ2) is 16.5. The normalized spacial score (nSPS) is 23.5. The fourth-order valence-electron chi connectivity index (χ4n) is 6.93. The average Bonchev–Trinajstić information content (AvgIpc) is 3.76. The van der Waals surface area contributed by atoms with E-state index in [1.54, 1.807) is 0 Å². The molecule has 12 nitrogen and oxygen atoms in total. The number of imide groups is 2. The fraction of sp³-hybridized carbons (Fsp3) is 0.636. The zero-order valence-corrected chi connectivity index (χ0v) is 28.2. The van der Waals surface area contributed by atoms with Crippen molar-refractivity contribution < 1.29 is 37.6 Å². The van der Waals surface area contributed by atoms with Crippen molar-refractivity contribution >= 4 is 31.8 Å². The maximum Gasteiger partial charge on any atom is 0.441 e. The van der Waals surface area contributed by atoms with E-state index in [9.17, 15) is 24.1 Å². The summed E-state index contributed by atoms with van der Waals surface area (Å²) >= 11 is 0. The standard InChI is InChI=1S/C33H50N5O7P/c1-23(36-29(20-25-14-8-5-9-15-25)32(41)46(43,44-2)45-3)18-27-21-38(22-35-27,33(42)37-30(39)26-16-10-11-17-26)31(40)28(34)19-24-12-6-4-7-13-24/h4,6-7,12-13,21-23,25-26,28-29,32,36,41H,5,8-11,14-20,34H2,1-3H3/p+1/t23-,28+,29+,32?,38?/m1/s1. The molecule has 0 bridgehead atoms. The lowest BCUT2D eigenvalue weighted by Gasteiger charge is -2.34. The third kappa shape index (κ3) is 8.86. The van der Waals surface area contributed by atoms with E-state index in [0.717, 1.165) is 44.1 Å². The minimum absolute atomic E-state index is 0.207. The van der Waals surface area contributed by atoms with E-state index in [2.05, 4.69) is 15.6 Å². The molecule has 13 heteroatoms. The monoisotopic (exact) mass is 660 g/mol.